The predicted octanol–water partition coefficient (Wildman–Crippen LogP) is 4.74. The first-order valence-electron chi connectivity index (χ1n) is 15.4. The van der Waals surface area contributed by atoms with Crippen molar-refractivity contribution in [3.8, 4) is 22.5 Å². The highest BCUT2D eigenvalue weighted by Gasteiger charge is 2.29. The van der Waals surface area contributed by atoms with Crippen LogP contribution in [0.25, 0.3) is 33.4 Å². The highest BCUT2D eigenvalue weighted by atomic mass is 32.2. The van der Waals surface area contributed by atoms with Crippen LogP contribution in [0.4, 0.5) is 17.1 Å². The van der Waals surface area contributed by atoms with Gasteiger partial charge >= 0.3 is 0 Å². The molecule has 260 valence electrons. The van der Waals surface area contributed by atoms with Crippen molar-refractivity contribution in [3.05, 3.63) is 78.2 Å². The fourth-order valence-electron chi connectivity index (χ4n) is 5.95. The van der Waals surface area contributed by atoms with Crippen LogP contribution >= 0.6 is 0 Å². The minimum Gasteiger partial charge on any atom is -0.456 e. The van der Waals surface area contributed by atoms with Crippen molar-refractivity contribution in [2.45, 2.75) is 42.4 Å². The number of sulfonamides is 1. The second-order valence-corrected chi connectivity index (χ2v) is 15.6. The summed E-state index contributed by atoms with van der Waals surface area (Å²) in [5.74, 6) is 0.433. The van der Waals surface area contributed by atoms with Crippen LogP contribution in [0.2, 0.25) is 0 Å². The third-order valence-electron chi connectivity index (χ3n) is 8.30. The molecule has 1 heterocycles. The average molecular weight is 730 g/mol. The lowest BCUT2D eigenvalue weighted by molar-refractivity contribution is 0.481. The number of nitrogen functional groups attached to an aromatic ring is 1. The van der Waals surface area contributed by atoms with Crippen LogP contribution in [-0.4, -0.2) is 60.5 Å². The van der Waals surface area contributed by atoms with E-state index >= 15 is 0 Å². The zero-order chi connectivity index (χ0) is 35.9. The maximum Gasteiger partial charge on any atom is 0.298 e. The van der Waals surface area contributed by atoms with Gasteiger partial charge in [-0.2, -0.15) is 16.8 Å². The van der Waals surface area contributed by atoms with E-state index in [1.807, 2.05) is 52.0 Å². The Morgan fingerprint density at radius 1 is 0.796 bits per heavy atom. The predicted molar refractivity (Wildman–Crippen MR) is 189 cm³/mol. The molecule has 3 aromatic rings. The van der Waals surface area contributed by atoms with Gasteiger partial charge in [0.1, 0.15) is 34.2 Å². The number of benzene rings is 4. The van der Waals surface area contributed by atoms with Crippen molar-refractivity contribution in [3.63, 3.8) is 0 Å². The standard InChI is InChI=1S/C33H36N4O9S3/c1-5-36(6-2)21-12-15-24-29(18-21)46-30-19-22(37(7-3)8-4)13-16-25(30)32(24)26-17-14-23(20-31(26)48(40,41)42)47(38,39)35-28-11-9-10-27(34)33(28)49(43,44)45/h9-20,35H,5-8,34H2,1-4H3,(H-,40,41,42,43,44,45)/p+1. The van der Waals surface area contributed by atoms with Gasteiger partial charge in [-0.3, -0.25) is 13.8 Å². The molecular weight excluding hydrogens is 693 g/mol. The molecule has 0 unspecified atom stereocenters. The molecular formula is C33H37N4O9S3+. The summed E-state index contributed by atoms with van der Waals surface area (Å²) >= 11 is 0. The Kier molecular flexibility index (Phi) is 9.82. The molecule has 0 saturated heterocycles. The molecule has 16 heteroatoms. The van der Waals surface area contributed by atoms with Crippen molar-refractivity contribution < 1.29 is 38.8 Å². The quantitative estimate of drug-likeness (QED) is 0.0634. The Morgan fingerprint density at radius 3 is 2.08 bits per heavy atom. The lowest BCUT2D eigenvalue weighted by Crippen LogP contribution is -2.29. The van der Waals surface area contributed by atoms with Crippen molar-refractivity contribution >= 4 is 58.3 Å². The van der Waals surface area contributed by atoms with Gasteiger partial charge in [0.05, 0.1) is 22.3 Å². The molecule has 3 aromatic carbocycles. The fourth-order valence-corrected chi connectivity index (χ4v) is 8.67. The average Bonchev–Trinajstić information content (AvgIpc) is 3.03. The lowest BCUT2D eigenvalue weighted by Gasteiger charge is -2.22. The normalized spacial score (nSPS) is 12.4. The van der Waals surface area contributed by atoms with E-state index in [-0.39, 0.29) is 5.56 Å². The Bertz CT molecular complexity index is 2450. The minimum absolute atomic E-state index is 0.000934. The highest BCUT2D eigenvalue weighted by Crippen LogP contribution is 2.43. The van der Waals surface area contributed by atoms with E-state index in [1.54, 1.807) is 12.1 Å². The molecule has 5 N–H and O–H groups in total. The second kappa shape index (κ2) is 13.4. The summed E-state index contributed by atoms with van der Waals surface area (Å²) in [4.78, 5) is -0.0824. The number of nitrogens with one attached hydrogen (secondary N) is 1. The lowest BCUT2D eigenvalue weighted by atomic mass is 9.93. The Hall–Kier alpha value is -4.48. The molecule has 1 aliphatic carbocycles. The van der Waals surface area contributed by atoms with E-state index in [2.05, 4.69) is 14.2 Å². The maximum absolute atomic E-state index is 13.5. The van der Waals surface area contributed by atoms with Crippen LogP contribution in [0.3, 0.4) is 0 Å². The Balaban J connectivity index is 1.80. The third kappa shape index (κ3) is 7.00. The van der Waals surface area contributed by atoms with E-state index in [0.717, 1.165) is 61.5 Å². The van der Waals surface area contributed by atoms with Crippen LogP contribution < -0.4 is 25.3 Å². The molecule has 13 nitrogen and oxygen atoms in total. The molecule has 0 radical (unpaired) electrons. The summed E-state index contributed by atoms with van der Waals surface area (Å²) in [7, 11) is -14.7. The van der Waals surface area contributed by atoms with Crippen LogP contribution in [0.1, 0.15) is 27.7 Å². The molecule has 0 saturated carbocycles. The molecule has 0 spiro atoms. The van der Waals surface area contributed by atoms with E-state index in [9.17, 15) is 34.4 Å². The molecule has 1 aliphatic heterocycles. The summed E-state index contributed by atoms with van der Waals surface area (Å²) < 4.78 is 108. The third-order valence-corrected chi connectivity index (χ3v) is 11.5. The molecule has 0 aromatic heterocycles. The van der Waals surface area contributed by atoms with Crippen molar-refractivity contribution in [2.24, 2.45) is 0 Å². The summed E-state index contributed by atoms with van der Waals surface area (Å²) in [6.45, 7) is 11.0. The van der Waals surface area contributed by atoms with E-state index in [4.69, 9.17) is 10.2 Å². The molecule has 5 rings (SSSR count). The number of hydrogen-bond acceptors (Lipinski definition) is 9. The van der Waals surface area contributed by atoms with Gasteiger partial charge in [0, 0.05) is 53.0 Å². The largest absolute Gasteiger partial charge is 0.456 e. The molecule has 49 heavy (non-hydrogen) atoms. The zero-order valence-electron chi connectivity index (χ0n) is 27.2. The summed E-state index contributed by atoms with van der Waals surface area (Å²) in [6, 6.07) is 17.7. The summed E-state index contributed by atoms with van der Waals surface area (Å²) in [5.41, 5.74) is 6.92. The van der Waals surface area contributed by atoms with Gasteiger partial charge in [0.2, 0.25) is 5.36 Å². The van der Waals surface area contributed by atoms with Gasteiger partial charge in [-0.1, -0.05) is 12.1 Å². The van der Waals surface area contributed by atoms with E-state index < -0.39 is 56.3 Å². The van der Waals surface area contributed by atoms with Gasteiger partial charge < -0.3 is 15.1 Å². The highest BCUT2D eigenvalue weighted by molar-refractivity contribution is 7.93. The van der Waals surface area contributed by atoms with Crippen molar-refractivity contribution in [1.82, 2.24) is 4.58 Å². The molecule has 0 bridgehead atoms. The maximum atomic E-state index is 13.5. The SMILES string of the molecule is CCN(CC)c1ccc2c(-c3ccc(S(=O)(=O)Nc4cccc(N)c4S(=O)(=O)O)cc3S(=O)(=O)O)c3ccc(=[N+](CC)CC)cc-3oc2c1. The van der Waals surface area contributed by atoms with E-state index in [0.29, 0.717) is 27.9 Å². The topological polar surface area (TPSA) is 200 Å². The van der Waals surface area contributed by atoms with E-state index in [1.165, 1.54) is 12.1 Å². The molecule has 2 aliphatic rings. The molecule has 0 amide bonds. The Labute approximate surface area is 285 Å². The number of nitrogens with zero attached hydrogens (tertiary/aromatic N) is 2. The van der Waals surface area contributed by atoms with Crippen molar-refractivity contribution in [1.29, 1.82) is 0 Å². The Morgan fingerprint density at radius 2 is 1.47 bits per heavy atom. The van der Waals surface area contributed by atoms with Crippen molar-refractivity contribution in [2.75, 3.05) is 41.5 Å². The summed E-state index contributed by atoms with van der Waals surface area (Å²) in [6.07, 6.45) is 0. The monoisotopic (exact) mass is 729 g/mol. The minimum atomic E-state index is -5.07. The van der Waals surface area contributed by atoms with Crippen LogP contribution in [0.5, 0.6) is 0 Å². The van der Waals surface area contributed by atoms with Crippen LogP contribution in [0, 0.1) is 0 Å². The molecule has 0 fully saturated rings. The number of fused-ring (bicyclic) bond motifs is 2. The second-order valence-electron chi connectivity index (χ2n) is 11.1. The summed E-state index contributed by atoms with van der Waals surface area (Å²) in [5, 5.41) is 1.38. The first kappa shape index (κ1) is 35.8. The number of rotatable bonds is 11. The van der Waals surface area contributed by atoms with Gasteiger partial charge in [0.25, 0.3) is 30.3 Å². The number of nitrogens with two attached hydrogens (primary N) is 1. The first-order chi connectivity index (χ1) is 23.0. The number of hydrogen-bond donors (Lipinski definition) is 4. The number of anilines is 3. The van der Waals surface area contributed by atoms with Crippen LogP contribution in [-0.2, 0) is 30.3 Å². The smallest absolute Gasteiger partial charge is 0.298 e. The van der Waals surface area contributed by atoms with Gasteiger partial charge in [-0.25, -0.2) is 13.0 Å². The van der Waals surface area contributed by atoms with Gasteiger partial charge in [0.15, 0.2) is 0 Å². The molecule has 0 atom stereocenters. The van der Waals surface area contributed by atoms with Gasteiger partial charge in [-0.15, -0.1) is 0 Å². The first-order valence-corrected chi connectivity index (χ1v) is 19.7. The van der Waals surface area contributed by atoms with Gasteiger partial charge in [-0.05, 0) is 70.2 Å². The van der Waals surface area contributed by atoms with Crippen LogP contribution in [0.15, 0.2) is 91.9 Å². The fraction of sp³-hybridized carbons (Fsp3) is 0.242. The zero-order valence-corrected chi connectivity index (χ0v) is 29.7.